The fourth-order valence-electron chi connectivity index (χ4n) is 2.81. The second kappa shape index (κ2) is 6.77. The number of carbonyl (C=O) groups excluding carboxylic acids is 2. The summed E-state index contributed by atoms with van der Waals surface area (Å²) in [4.78, 5) is 29.2. The normalized spacial score (nSPS) is 25.2. The van der Waals surface area contributed by atoms with E-state index < -0.39 is 6.04 Å². The van der Waals surface area contributed by atoms with Crippen LogP contribution in [0.2, 0.25) is 0 Å². The number of carbonyl (C=O) groups is 2. The Kier molecular flexibility index (Phi) is 5.79. The minimum Gasteiger partial charge on any atom is -0.342 e. The van der Waals surface area contributed by atoms with Gasteiger partial charge in [-0.3, -0.25) is 9.59 Å². The highest BCUT2D eigenvalue weighted by molar-refractivity contribution is 5.97. The maximum absolute atomic E-state index is 12.9. The van der Waals surface area contributed by atoms with Gasteiger partial charge in [-0.05, 0) is 45.8 Å². The zero-order valence-electron chi connectivity index (χ0n) is 14.6. The summed E-state index contributed by atoms with van der Waals surface area (Å²) < 4.78 is 0. The fraction of sp³-hybridized carbons (Fsp3) is 0.875. The predicted octanol–water partition coefficient (Wildman–Crippen LogP) is 1.48. The molecular weight excluding hydrogens is 266 g/mol. The van der Waals surface area contributed by atoms with Crippen molar-refractivity contribution in [3.05, 3.63) is 0 Å². The molecule has 0 saturated carbocycles. The van der Waals surface area contributed by atoms with E-state index in [0.717, 1.165) is 13.0 Å². The molecular formula is C16H31N3O2. The van der Waals surface area contributed by atoms with Crippen LogP contribution in [0.15, 0.2) is 0 Å². The molecule has 0 aromatic carbocycles. The Morgan fingerprint density at radius 2 is 1.86 bits per heavy atom. The van der Waals surface area contributed by atoms with Gasteiger partial charge in [0.25, 0.3) is 0 Å². The van der Waals surface area contributed by atoms with Crippen molar-refractivity contribution < 1.29 is 9.59 Å². The zero-order chi connectivity index (χ0) is 16.4. The minimum atomic E-state index is -0.436. The van der Waals surface area contributed by atoms with Crippen molar-refractivity contribution in [1.29, 1.82) is 0 Å². The number of hydrogen-bond donors (Lipinski definition) is 1. The quantitative estimate of drug-likeness (QED) is 0.836. The van der Waals surface area contributed by atoms with E-state index in [0.29, 0.717) is 6.42 Å². The summed E-state index contributed by atoms with van der Waals surface area (Å²) in [5.74, 6) is 0.0361. The number of nitrogens with one attached hydrogen (secondary N) is 1. The molecule has 122 valence electrons. The van der Waals surface area contributed by atoms with E-state index in [1.165, 1.54) is 0 Å². The van der Waals surface area contributed by atoms with Crippen LogP contribution in [0, 0.1) is 5.41 Å². The van der Waals surface area contributed by atoms with Crippen LogP contribution in [0.4, 0.5) is 0 Å². The van der Waals surface area contributed by atoms with Gasteiger partial charge in [-0.25, -0.2) is 0 Å². The molecule has 0 radical (unpaired) electrons. The molecule has 3 unspecified atom stereocenters. The van der Waals surface area contributed by atoms with Crippen molar-refractivity contribution in [2.24, 2.45) is 5.41 Å². The van der Waals surface area contributed by atoms with Gasteiger partial charge in [0.1, 0.15) is 12.1 Å². The highest BCUT2D eigenvalue weighted by Gasteiger charge is 2.45. The van der Waals surface area contributed by atoms with Crippen LogP contribution < -0.4 is 5.32 Å². The lowest BCUT2D eigenvalue weighted by Crippen LogP contribution is -2.68. The Bertz CT molecular complexity index is 387. The van der Waals surface area contributed by atoms with Crippen molar-refractivity contribution in [1.82, 2.24) is 15.1 Å². The third-order valence-corrected chi connectivity index (χ3v) is 4.15. The van der Waals surface area contributed by atoms with Crippen LogP contribution in [0.3, 0.4) is 0 Å². The van der Waals surface area contributed by atoms with Crippen LogP contribution >= 0.6 is 0 Å². The maximum Gasteiger partial charge on any atom is 0.246 e. The van der Waals surface area contributed by atoms with Gasteiger partial charge in [-0.2, -0.15) is 0 Å². The van der Waals surface area contributed by atoms with Crippen LogP contribution in [-0.2, 0) is 9.59 Å². The Morgan fingerprint density at radius 3 is 2.29 bits per heavy atom. The number of nitrogens with zero attached hydrogens (tertiary/aromatic N) is 2. The average Bonchev–Trinajstić information content (AvgIpc) is 2.36. The summed E-state index contributed by atoms with van der Waals surface area (Å²) in [5.41, 5.74) is -0.273. The first-order valence-corrected chi connectivity index (χ1v) is 7.86. The zero-order valence-corrected chi connectivity index (χ0v) is 14.6. The van der Waals surface area contributed by atoms with Gasteiger partial charge >= 0.3 is 0 Å². The molecule has 5 heteroatoms. The van der Waals surface area contributed by atoms with Crippen molar-refractivity contribution >= 4 is 11.8 Å². The van der Waals surface area contributed by atoms with E-state index in [-0.39, 0.29) is 29.3 Å². The Balaban J connectivity index is 2.98. The number of piperazine rings is 1. The van der Waals surface area contributed by atoms with Crippen molar-refractivity contribution in [2.45, 2.75) is 65.6 Å². The molecule has 2 amide bonds. The molecule has 1 N–H and O–H groups in total. The summed E-state index contributed by atoms with van der Waals surface area (Å²) in [6.07, 6.45) is 1.53. The minimum absolute atomic E-state index is 0.0197. The second-order valence-corrected chi connectivity index (χ2v) is 7.42. The van der Waals surface area contributed by atoms with E-state index in [4.69, 9.17) is 0 Å². The average molecular weight is 297 g/mol. The molecule has 0 aromatic heterocycles. The van der Waals surface area contributed by atoms with Crippen LogP contribution in [-0.4, -0.2) is 60.4 Å². The molecule has 3 atom stereocenters. The van der Waals surface area contributed by atoms with E-state index in [1.54, 1.807) is 0 Å². The number of amides is 2. The predicted molar refractivity (Wildman–Crippen MR) is 84.9 cm³/mol. The molecule has 1 saturated heterocycles. The maximum atomic E-state index is 12.9. The molecule has 1 fully saturated rings. The van der Waals surface area contributed by atoms with Gasteiger partial charge in [-0.1, -0.05) is 27.7 Å². The summed E-state index contributed by atoms with van der Waals surface area (Å²) in [6, 6.07) is -0.705. The molecule has 1 heterocycles. The summed E-state index contributed by atoms with van der Waals surface area (Å²) in [6.45, 7) is 10.9. The van der Waals surface area contributed by atoms with E-state index >= 15 is 0 Å². The van der Waals surface area contributed by atoms with Gasteiger partial charge in [0.15, 0.2) is 0 Å². The monoisotopic (exact) mass is 297 g/mol. The fourth-order valence-corrected chi connectivity index (χ4v) is 2.81. The van der Waals surface area contributed by atoms with Gasteiger partial charge in [-0.15, -0.1) is 0 Å². The Hall–Kier alpha value is -1.10. The molecule has 5 nitrogen and oxygen atoms in total. The number of hydrogen-bond acceptors (Lipinski definition) is 3. The first-order chi connectivity index (χ1) is 9.59. The molecule has 0 bridgehead atoms. The molecule has 0 aliphatic carbocycles. The van der Waals surface area contributed by atoms with Crippen LogP contribution in [0.1, 0.15) is 47.5 Å². The lowest BCUT2D eigenvalue weighted by molar-refractivity contribution is -0.155. The lowest BCUT2D eigenvalue weighted by atomic mass is 9.83. The third kappa shape index (κ3) is 4.19. The van der Waals surface area contributed by atoms with E-state index in [9.17, 15) is 9.59 Å². The SMILES string of the molecule is CCC1C(=O)NC(C(C)(C)C)C(=O)N1C(C)CCN(C)C. The largest absolute Gasteiger partial charge is 0.342 e. The van der Waals surface area contributed by atoms with E-state index in [2.05, 4.69) is 10.2 Å². The Morgan fingerprint density at radius 1 is 1.29 bits per heavy atom. The van der Waals surface area contributed by atoms with Gasteiger partial charge < -0.3 is 15.1 Å². The summed E-state index contributed by atoms with van der Waals surface area (Å²) >= 11 is 0. The van der Waals surface area contributed by atoms with Crippen molar-refractivity contribution in [3.63, 3.8) is 0 Å². The molecule has 1 aliphatic rings. The van der Waals surface area contributed by atoms with Gasteiger partial charge in [0.2, 0.25) is 11.8 Å². The van der Waals surface area contributed by atoms with Crippen LogP contribution in [0.5, 0.6) is 0 Å². The highest BCUT2D eigenvalue weighted by Crippen LogP contribution is 2.27. The second-order valence-electron chi connectivity index (χ2n) is 7.42. The molecule has 1 rings (SSSR count). The standard InChI is InChI=1S/C16H31N3O2/c1-8-12-14(20)17-13(16(3,4)5)15(21)19(12)11(2)9-10-18(6)7/h11-13H,8-10H2,1-7H3,(H,17,20). The van der Waals surface area contributed by atoms with Crippen molar-refractivity contribution in [2.75, 3.05) is 20.6 Å². The smallest absolute Gasteiger partial charge is 0.246 e. The van der Waals surface area contributed by atoms with E-state index in [1.807, 2.05) is 53.6 Å². The summed E-state index contributed by atoms with van der Waals surface area (Å²) in [5, 5.41) is 2.92. The third-order valence-electron chi connectivity index (χ3n) is 4.15. The first-order valence-electron chi connectivity index (χ1n) is 7.86. The van der Waals surface area contributed by atoms with Gasteiger partial charge in [0.05, 0.1) is 0 Å². The van der Waals surface area contributed by atoms with Gasteiger partial charge in [0, 0.05) is 6.04 Å². The topological polar surface area (TPSA) is 52.7 Å². The first kappa shape index (κ1) is 18.0. The molecule has 0 aromatic rings. The lowest BCUT2D eigenvalue weighted by Gasteiger charge is -2.45. The number of rotatable bonds is 5. The molecule has 0 spiro atoms. The molecule has 21 heavy (non-hydrogen) atoms. The summed E-state index contributed by atoms with van der Waals surface area (Å²) in [7, 11) is 4.04. The van der Waals surface area contributed by atoms with Crippen LogP contribution in [0.25, 0.3) is 0 Å². The molecule has 1 aliphatic heterocycles. The van der Waals surface area contributed by atoms with Crippen molar-refractivity contribution in [3.8, 4) is 0 Å². The highest BCUT2D eigenvalue weighted by atomic mass is 16.2. The Labute approximate surface area is 129 Å².